The highest BCUT2D eigenvalue weighted by Gasteiger charge is 2.08. The lowest BCUT2D eigenvalue weighted by Crippen LogP contribution is -2.14. The molecule has 1 aromatic carbocycles. The molecule has 0 aliphatic rings. The zero-order valence-corrected chi connectivity index (χ0v) is 9.58. The van der Waals surface area contributed by atoms with Crippen LogP contribution in [0.4, 0.5) is 0 Å². The SMILES string of the molecule is COc1cc(OC)cc(C(N)CO)c1.Cl. The Labute approximate surface area is 95.4 Å². The quantitative estimate of drug-likeness (QED) is 0.818. The van der Waals surface area contributed by atoms with Crippen LogP contribution < -0.4 is 15.2 Å². The van der Waals surface area contributed by atoms with Crippen LogP contribution in [0, 0.1) is 0 Å². The molecule has 0 spiro atoms. The number of hydrogen-bond acceptors (Lipinski definition) is 4. The Bertz CT molecular complexity index is 284. The second-order valence-corrected chi connectivity index (χ2v) is 2.94. The number of rotatable bonds is 4. The molecule has 1 unspecified atom stereocenters. The van der Waals surface area contributed by atoms with Crippen LogP contribution in [0.3, 0.4) is 0 Å². The maximum absolute atomic E-state index is 8.91. The van der Waals surface area contributed by atoms with Gasteiger partial charge in [0.05, 0.1) is 26.9 Å². The zero-order chi connectivity index (χ0) is 10.6. The Morgan fingerprint density at radius 2 is 1.67 bits per heavy atom. The molecule has 0 radical (unpaired) electrons. The van der Waals surface area contributed by atoms with E-state index in [0.717, 1.165) is 5.56 Å². The second kappa shape index (κ2) is 6.50. The van der Waals surface area contributed by atoms with Crippen LogP contribution in [0.15, 0.2) is 18.2 Å². The van der Waals surface area contributed by atoms with E-state index in [1.165, 1.54) is 0 Å². The number of ether oxygens (including phenoxy) is 2. The number of aliphatic hydroxyl groups is 1. The van der Waals surface area contributed by atoms with Crippen molar-refractivity contribution in [2.45, 2.75) is 6.04 Å². The molecule has 0 aliphatic carbocycles. The molecule has 86 valence electrons. The number of hydrogen-bond donors (Lipinski definition) is 2. The predicted molar refractivity (Wildman–Crippen MR) is 60.8 cm³/mol. The van der Waals surface area contributed by atoms with Crippen LogP contribution in [-0.4, -0.2) is 25.9 Å². The van der Waals surface area contributed by atoms with Crippen molar-refractivity contribution in [3.8, 4) is 11.5 Å². The summed E-state index contributed by atoms with van der Waals surface area (Å²) in [5, 5.41) is 8.91. The Balaban J connectivity index is 0.00000196. The Morgan fingerprint density at radius 1 is 1.20 bits per heavy atom. The van der Waals surface area contributed by atoms with Gasteiger partial charge in [-0.15, -0.1) is 12.4 Å². The molecule has 0 amide bonds. The van der Waals surface area contributed by atoms with Crippen LogP contribution in [0.2, 0.25) is 0 Å². The summed E-state index contributed by atoms with van der Waals surface area (Å²) >= 11 is 0. The lowest BCUT2D eigenvalue weighted by Gasteiger charge is -2.12. The highest BCUT2D eigenvalue weighted by Crippen LogP contribution is 2.25. The van der Waals surface area contributed by atoms with E-state index in [9.17, 15) is 0 Å². The monoisotopic (exact) mass is 233 g/mol. The molecule has 1 rings (SSSR count). The van der Waals surface area contributed by atoms with Crippen LogP contribution in [0.25, 0.3) is 0 Å². The molecule has 0 heterocycles. The lowest BCUT2D eigenvalue weighted by molar-refractivity contribution is 0.267. The van der Waals surface area contributed by atoms with Crippen molar-refractivity contribution in [3.63, 3.8) is 0 Å². The van der Waals surface area contributed by atoms with Crippen molar-refractivity contribution < 1.29 is 14.6 Å². The normalized spacial score (nSPS) is 11.5. The van der Waals surface area contributed by atoms with Crippen molar-refractivity contribution in [3.05, 3.63) is 23.8 Å². The van der Waals surface area contributed by atoms with E-state index in [1.807, 2.05) is 0 Å². The molecule has 5 heteroatoms. The van der Waals surface area contributed by atoms with Gasteiger partial charge in [-0.2, -0.15) is 0 Å². The molecule has 1 aromatic rings. The molecule has 0 saturated heterocycles. The fourth-order valence-corrected chi connectivity index (χ4v) is 1.15. The molecular formula is C10H16ClNO3. The summed E-state index contributed by atoms with van der Waals surface area (Å²) in [5.74, 6) is 1.34. The Kier molecular flexibility index (Phi) is 6.08. The maximum Gasteiger partial charge on any atom is 0.122 e. The van der Waals surface area contributed by atoms with Crippen LogP contribution in [0.1, 0.15) is 11.6 Å². The summed E-state index contributed by atoms with van der Waals surface area (Å²) in [4.78, 5) is 0. The summed E-state index contributed by atoms with van der Waals surface area (Å²) in [6.45, 7) is -0.101. The Morgan fingerprint density at radius 3 is 2.00 bits per heavy atom. The van der Waals surface area contributed by atoms with Gasteiger partial charge in [0, 0.05) is 6.07 Å². The predicted octanol–water partition coefficient (Wildman–Crippen LogP) is 1.12. The molecule has 15 heavy (non-hydrogen) atoms. The third kappa shape index (κ3) is 3.58. The summed E-state index contributed by atoms with van der Waals surface area (Å²) < 4.78 is 10.1. The number of aliphatic hydroxyl groups excluding tert-OH is 1. The zero-order valence-electron chi connectivity index (χ0n) is 8.77. The molecule has 3 N–H and O–H groups in total. The van der Waals surface area contributed by atoms with Gasteiger partial charge < -0.3 is 20.3 Å². The van der Waals surface area contributed by atoms with Gasteiger partial charge in [0.1, 0.15) is 11.5 Å². The summed E-state index contributed by atoms with van der Waals surface area (Å²) in [6, 6.07) is 4.92. The molecule has 0 aliphatic heterocycles. The fraction of sp³-hybridized carbons (Fsp3) is 0.400. The van der Waals surface area contributed by atoms with Crippen molar-refractivity contribution in [2.24, 2.45) is 5.73 Å². The van der Waals surface area contributed by atoms with Gasteiger partial charge in [-0.05, 0) is 17.7 Å². The van der Waals surface area contributed by atoms with E-state index in [4.69, 9.17) is 20.3 Å². The van der Waals surface area contributed by atoms with Gasteiger partial charge >= 0.3 is 0 Å². The highest BCUT2D eigenvalue weighted by atomic mass is 35.5. The third-order valence-corrected chi connectivity index (χ3v) is 2.00. The van der Waals surface area contributed by atoms with E-state index in [0.29, 0.717) is 11.5 Å². The largest absolute Gasteiger partial charge is 0.497 e. The molecule has 1 atom stereocenters. The van der Waals surface area contributed by atoms with Gasteiger partial charge in [-0.1, -0.05) is 0 Å². The molecular weight excluding hydrogens is 218 g/mol. The van der Waals surface area contributed by atoms with Crippen molar-refractivity contribution >= 4 is 12.4 Å². The molecule has 0 bridgehead atoms. The van der Waals surface area contributed by atoms with E-state index in [-0.39, 0.29) is 19.0 Å². The van der Waals surface area contributed by atoms with E-state index >= 15 is 0 Å². The van der Waals surface area contributed by atoms with Crippen LogP contribution >= 0.6 is 12.4 Å². The second-order valence-electron chi connectivity index (χ2n) is 2.94. The third-order valence-electron chi connectivity index (χ3n) is 2.00. The van der Waals surface area contributed by atoms with Gasteiger partial charge in [0.2, 0.25) is 0 Å². The molecule has 0 saturated carbocycles. The number of benzene rings is 1. The summed E-state index contributed by atoms with van der Waals surface area (Å²) in [6.07, 6.45) is 0. The molecule has 4 nitrogen and oxygen atoms in total. The van der Waals surface area contributed by atoms with Crippen molar-refractivity contribution in [1.82, 2.24) is 0 Å². The van der Waals surface area contributed by atoms with Crippen molar-refractivity contribution in [2.75, 3.05) is 20.8 Å². The first-order valence-electron chi connectivity index (χ1n) is 4.30. The Hall–Kier alpha value is -0.970. The number of halogens is 1. The summed E-state index contributed by atoms with van der Waals surface area (Å²) in [7, 11) is 3.14. The molecule has 0 fully saturated rings. The van der Waals surface area contributed by atoms with E-state index in [2.05, 4.69) is 0 Å². The highest BCUT2D eigenvalue weighted by molar-refractivity contribution is 5.85. The smallest absolute Gasteiger partial charge is 0.122 e. The van der Waals surface area contributed by atoms with Gasteiger partial charge in [0.15, 0.2) is 0 Å². The summed E-state index contributed by atoms with van der Waals surface area (Å²) in [5.41, 5.74) is 6.48. The van der Waals surface area contributed by atoms with Gasteiger partial charge in [-0.25, -0.2) is 0 Å². The fourth-order valence-electron chi connectivity index (χ4n) is 1.15. The number of nitrogens with two attached hydrogens (primary N) is 1. The van der Waals surface area contributed by atoms with Gasteiger partial charge in [-0.3, -0.25) is 0 Å². The molecule has 0 aromatic heterocycles. The number of methoxy groups -OCH3 is 2. The minimum Gasteiger partial charge on any atom is -0.497 e. The van der Waals surface area contributed by atoms with Gasteiger partial charge in [0.25, 0.3) is 0 Å². The standard InChI is InChI=1S/C10H15NO3.ClH/c1-13-8-3-7(10(11)6-12)4-9(5-8)14-2;/h3-5,10,12H,6,11H2,1-2H3;1H. The van der Waals surface area contributed by atoms with E-state index in [1.54, 1.807) is 32.4 Å². The maximum atomic E-state index is 8.91. The minimum atomic E-state index is -0.404. The minimum absolute atomic E-state index is 0. The van der Waals surface area contributed by atoms with Crippen molar-refractivity contribution in [1.29, 1.82) is 0 Å². The first-order valence-corrected chi connectivity index (χ1v) is 4.30. The average Bonchev–Trinajstić information content (AvgIpc) is 2.27. The first-order chi connectivity index (χ1) is 6.71. The average molecular weight is 234 g/mol. The topological polar surface area (TPSA) is 64.7 Å². The van der Waals surface area contributed by atoms with Crippen LogP contribution in [0.5, 0.6) is 11.5 Å². The first kappa shape index (κ1) is 14.0. The lowest BCUT2D eigenvalue weighted by atomic mass is 10.1. The van der Waals surface area contributed by atoms with Crippen LogP contribution in [-0.2, 0) is 0 Å². The van der Waals surface area contributed by atoms with E-state index < -0.39 is 6.04 Å².